The van der Waals surface area contributed by atoms with Crippen LogP contribution in [0.1, 0.15) is 26.7 Å². The lowest BCUT2D eigenvalue weighted by molar-refractivity contribution is 0.310. The van der Waals surface area contributed by atoms with Crippen molar-refractivity contribution in [2.24, 2.45) is 0 Å². The van der Waals surface area contributed by atoms with Gasteiger partial charge in [0.25, 0.3) is 0 Å². The van der Waals surface area contributed by atoms with E-state index in [0.717, 1.165) is 6.42 Å². The minimum Gasteiger partial charge on any atom is -0.432 e. The lowest BCUT2D eigenvalue weighted by atomic mass is 10.3. The normalized spacial score (nSPS) is 12.3. The molecule has 0 unspecified atom stereocenters. The Morgan fingerprint density at radius 2 is 2.10 bits per heavy atom. The molecule has 0 atom stereocenters. The molecule has 0 saturated heterocycles. The van der Waals surface area contributed by atoms with Crippen molar-refractivity contribution >= 4 is 8.60 Å². The average molecular weight is 164 g/mol. The molecule has 0 amide bonds. The van der Waals surface area contributed by atoms with E-state index in [1.165, 1.54) is 0 Å². The van der Waals surface area contributed by atoms with Crippen LogP contribution in [0.15, 0.2) is 11.8 Å². The molecular formula is C6H13O3P. The summed E-state index contributed by atoms with van der Waals surface area (Å²) in [5.41, 5.74) is 0. The van der Waals surface area contributed by atoms with E-state index < -0.39 is 8.60 Å². The van der Waals surface area contributed by atoms with Crippen molar-refractivity contribution in [3.63, 3.8) is 0 Å². The largest absolute Gasteiger partial charge is 0.432 e. The molecule has 10 heavy (non-hydrogen) atoms. The SMILES string of the molecule is CCC=C(CC)OP(O)O. The van der Waals surface area contributed by atoms with Gasteiger partial charge in [0.05, 0.1) is 0 Å². The Hall–Kier alpha value is -0.110. The first-order valence-electron chi connectivity index (χ1n) is 3.25. The fraction of sp³-hybridized carbons (Fsp3) is 0.667. The van der Waals surface area contributed by atoms with Crippen LogP contribution in [-0.4, -0.2) is 9.79 Å². The lowest BCUT2D eigenvalue weighted by Crippen LogP contribution is -1.84. The summed E-state index contributed by atoms with van der Waals surface area (Å²) in [5, 5.41) is 0. The zero-order valence-corrected chi connectivity index (χ0v) is 7.14. The topological polar surface area (TPSA) is 49.7 Å². The van der Waals surface area contributed by atoms with Gasteiger partial charge in [0, 0.05) is 6.42 Å². The van der Waals surface area contributed by atoms with Crippen molar-refractivity contribution in [2.75, 3.05) is 0 Å². The summed E-state index contributed by atoms with van der Waals surface area (Å²) < 4.78 is 4.68. The summed E-state index contributed by atoms with van der Waals surface area (Å²) in [4.78, 5) is 16.9. The van der Waals surface area contributed by atoms with Crippen LogP contribution < -0.4 is 0 Å². The maximum Gasteiger partial charge on any atom is 0.391 e. The van der Waals surface area contributed by atoms with Gasteiger partial charge >= 0.3 is 8.60 Å². The van der Waals surface area contributed by atoms with Gasteiger partial charge in [-0.05, 0) is 12.5 Å². The summed E-state index contributed by atoms with van der Waals surface area (Å²) in [6.07, 6.45) is 3.39. The summed E-state index contributed by atoms with van der Waals surface area (Å²) in [7, 11) is -2.23. The fourth-order valence-electron chi connectivity index (χ4n) is 0.579. The Labute approximate surface area is 62.3 Å². The van der Waals surface area contributed by atoms with Gasteiger partial charge in [0.1, 0.15) is 5.76 Å². The van der Waals surface area contributed by atoms with Gasteiger partial charge < -0.3 is 14.3 Å². The minimum atomic E-state index is -2.23. The van der Waals surface area contributed by atoms with Gasteiger partial charge in [0.2, 0.25) is 0 Å². The third kappa shape index (κ3) is 4.74. The molecule has 60 valence electrons. The van der Waals surface area contributed by atoms with E-state index in [0.29, 0.717) is 12.2 Å². The zero-order valence-electron chi connectivity index (χ0n) is 6.24. The third-order valence-corrected chi connectivity index (χ3v) is 1.38. The molecule has 0 saturated carbocycles. The first-order chi connectivity index (χ1) is 4.70. The standard InChI is InChI=1S/C6H13O3P/c1-3-5-6(4-2)9-10(7)8/h5,7-8H,3-4H2,1-2H3. The van der Waals surface area contributed by atoms with Crippen LogP contribution in [0.3, 0.4) is 0 Å². The van der Waals surface area contributed by atoms with Crippen molar-refractivity contribution in [2.45, 2.75) is 26.7 Å². The highest BCUT2D eigenvalue weighted by atomic mass is 31.2. The van der Waals surface area contributed by atoms with Crippen LogP contribution in [0.5, 0.6) is 0 Å². The molecular weight excluding hydrogens is 151 g/mol. The maximum atomic E-state index is 8.44. The number of allylic oxidation sites excluding steroid dienone is 2. The molecule has 2 N–H and O–H groups in total. The molecule has 0 bridgehead atoms. The van der Waals surface area contributed by atoms with Gasteiger partial charge in [-0.3, -0.25) is 0 Å². The second-order valence-electron chi connectivity index (χ2n) is 1.78. The molecule has 0 aliphatic heterocycles. The van der Waals surface area contributed by atoms with Gasteiger partial charge in [-0.15, -0.1) is 0 Å². The molecule has 0 aromatic heterocycles. The number of hydrogen-bond donors (Lipinski definition) is 2. The van der Waals surface area contributed by atoms with Crippen LogP contribution >= 0.6 is 8.60 Å². The maximum absolute atomic E-state index is 8.44. The van der Waals surface area contributed by atoms with Crippen molar-refractivity contribution < 1.29 is 14.3 Å². The smallest absolute Gasteiger partial charge is 0.391 e. The second-order valence-corrected chi connectivity index (χ2v) is 2.46. The summed E-state index contributed by atoms with van der Waals surface area (Å²) in [5.74, 6) is 0.651. The quantitative estimate of drug-likeness (QED) is 0.493. The van der Waals surface area contributed by atoms with Crippen LogP contribution in [0, 0.1) is 0 Å². The second kappa shape index (κ2) is 5.66. The van der Waals surface area contributed by atoms with Crippen LogP contribution in [0.4, 0.5) is 0 Å². The Morgan fingerprint density at radius 3 is 2.40 bits per heavy atom. The fourth-order valence-corrected chi connectivity index (χ4v) is 0.992. The Morgan fingerprint density at radius 1 is 1.50 bits per heavy atom. The summed E-state index contributed by atoms with van der Waals surface area (Å²) >= 11 is 0. The van der Waals surface area contributed by atoms with Gasteiger partial charge in [-0.25, -0.2) is 0 Å². The van der Waals surface area contributed by atoms with Crippen LogP contribution in [-0.2, 0) is 4.52 Å². The monoisotopic (exact) mass is 164 g/mol. The van der Waals surface area contributed by atoms with E-state index >= 15 is 0 Å². The van der Waals surface area contributed by atoms with Crippen molar-refractivity contribution in [1.29, 1.82) is 0 Å². The number of rotatable bonds is 4. The molecule has 0 aromatic carbocycles. The van der Waals surface area contributed by atoms with Gasteiger partial charge in [0.15, 0.2) is 0 Å². The highest BCUT2D eigenvalue weighted by molar-refractivity contribution is 7.39. The molecule has 3 nitrogen and oxygen atoms in total. The highest BCUT2D eigenvalue weighted by Crippen LogP contribution is 2.29. The number of hydrogen-bond acceptors (Lipinski definition) is 3. The highest BCUT2D eigenvalue weighted by Gasteiger charge is 2.01. The van der Waals surface area contributed by atoms with Crippen LogP contribution in [0.2, 0.25) is 0 Å². The Kier molecular flexibility index (Phi) is 5.60. The zero-order chi connectivity index (χ0) is 7.98. The molecule has 0 aliphatic rings. The molecule has 0 heterocycles. The van der Waals surface area contributed by atoms with Crippen molar-refractivity contribution in [3.05, 3.63) is 11.8 Å². The molecule has 0 aromatic rings. The van der Waals surface area contributed by atoms with E-state index in [2.05, 4.69) is 4.52 Å². The summed E-state index contributed by atoms with van der Waals surface area (Å²) in [6.45, 7) is 3.87. The first kappa shape index (κ1) is 9.89. The van der Waals surface area contributed by atoms with Gasteiger partial charge in [-0.1, -0.05) is 13.8 Å². The molecule has 0 radical (unpaired) electrons. The lowest BCUT2D eigenvalue weighted by Gasteiger charge is -2.06. The average Bonchev–Trinajstić information content (AvgIpc) is 1.86. The van der Waals surface area contributed by atoms with Crippen molar-refractivity contribution in [1.82, 2.24) is 0 Å². The van der Waals surface area contributed by atoms with Crippen molar-refractivity contribution in [3.8, 4) is 0 Å². The van der Waals surface area contributed by atoms with E-state index in [1.807, 2.05) is 19.9 Å². The minimum absolute atomic E-state index is 0.651. The summed E-state index contributed by atoms with van der Waals surface area (Å²) in [6, 6.07) is 0. The molecule has 0 rings (SSSR count). The van der Waals surface area contributed by atoms with Crippen LogP contribution in [0.25, 0.3) is 0 Å². The molecule has 4 heteroatoms. The first-order valence-corrected chi connectivity index (χ1v) is 4.42. The Bertz CT molecular complexity index is 112. The van der Waals surface area contributed by atoms with E-state index in [9.17, 15) is 0 Å². The Balaban J connectivity index is 3.71. The van der Waals surface area contributed by atoms with E-state index in [1.54, 1.807) is 0 Å². The predicted molar refractivity (Wildman–Crippen MR) is 41.1 cm³/mol. The molecule has 0 fully saturated rings. The predicted octanol–water partition coefficient (Wildman–Crippen LogP) is 1.92. The van der Waals surface area contributed by atoms with Gasteiger partial charge in [-0.2, -0.15) is 0 Å². The van der Waals surface area contributed by atoms with E-state index in [-0.39, 0.29) is 0 Å². The third-order valence-electron chi connectivity index (χ3n) is 0.979. The molecule has 0 spiro atoms. The molecule has 0 aliphatic carbocycles. The van der Waals surface area contributed by atoms with E-state index in [4.69, 9.17) is 9.79 Å².